The van der Waals surface area contributed by atoms with Crippen LogP contribution >= 0.6 is 11.6 Å². The Morgan fingerprint density at radius 2 is 2.29 bits per heavy atom. The highest BCUT2D eigenvalue weighted by Crippen LogP contribution is 2.20. The maximum absolute atomic E-state index is 11.9. The van der Waals surface area contributed by atoms with Crippen LogP contribution in [0.2, 0.25) is 5.02 Å². The van der Waals surface area contributed by atoms with Gasteiger partial charge < -0.3 is 11.1 Å². The second-order valence-corrected chi connectivity index (χ2v) is 3.79. The van der Waals surface area contributed by atoms with Crippen LogP contribution in [-0.4, -0.2) is 20.7 Å². The summed E-state index contributed by atoms with van der Waals surface area (Å²) in [6.07, 6.45) is 4.42. The van der Waals surface area contributed by atoms with Gasteiger partial charge in [-0.3, -0.25) is 14.5 Å². The van der Waals surface area contributed by atoms with Gasteiger partial charge in [-0.1, -0.05) is 11.6 Å². The number of rotatable bonds is 2. The number of halogens is 1. The SMILES string of the molecule is Cn1ncc(N)c1C(=O)Nc1cnccc1Cl. The summed E-state index contributed by atoms with van der Waals surface area (Å²) < 4.78 is 1.40. The number of hydrogen-bond acceptors (Lipinski definition) is 4. The highest BCUT2D eigenvalue weighted by atomic mass is 35.5. The van der Waals surface area contributed by atoms with Gasteiger partial charge in [0.1, 0.15) is 5.69 Å². The average molecular weight is 252 g/mol. The number of nitrogens with two attached hydrogens (primary N) is 1. The van der Waals surface area contributed by atoms with Crippen molar-refractivity contribution in [3.05, 3.63) is 35.4 Å². The van der Waals surface area contributed by atoms with E-state index in [1.165, 1.54) is 23.3 Å². The second kappa shape index (κ2) is 4.42. The predicted octanol–water partition coefficient (Wildman–Crippen LogP) is 1.30. The monoisotopic (exact) mass is 251 g/mol. The summed E-state index contributed by atoms with van der Waals surface area (Å²) in [4.78, 5) is 15.8. The standard InChI is InChI=1S/C10H10ClN5O/c1-16-9(7(12)4-14-16)10(17)15-8-5-13-3-2-6(8)11/h2-5H,12H2,1H3,(H,15,17). The van der Waals surface area contributed by atoms with E-state index in [0.717, 1.165) is 0 Å². The number of nitrogen functional groups attached to an aromatic ring is 1. The Labute approximate surface area is 102 Å². The smallest absolute Gasteiger partial charge is 0.276 e. The third-order valence-corrected chi connectivity index (χ3v) is 2.53. The van der Waals surface area contributed by atoms with E-state index in [0.29, 0.717) is 16.4 Å². The van der Waals surface area contributed by atoms with Gasteiger partial charge in [0.05, 0.1) is 28.8 Å². The molecular weight excluding hydrogens is 242 g/mol. The van der Waals surface area contributed by atoms with E-state index >= 15 is 0 Å². The molecule has 7 heteroatoms. The molecule has 0 aliphatic heterocycles. The number of aryl methyl sites for hydroxylation is 1. The zero-order chi connectivity index (χ0) is 12.4. The summed E-state index contributed by atoms with van der Waals surface area (Å²) in [7, 11) is 1.64. The Morgan fingerprint density at radius 1 is 1.53 bits per heavy atom. The fourth-order valence-corrected chi connectivity index (χ4v) is 1.54. The van der Waals surface area contributed by atoms with Crippen molar-refractivity contribution in [3.63, 3.8) is 0 Å². The average Bonchev–Trinajstić information content (AvgIpc) is 2.62. The molecule has 0 aliphatic rings. The van der Waals surface area contributed by atoms with E-state index in [-0.39, 0.29) is 11.6 Å². The fraction of sp³-hybridized carbons (Fsp3) is 0.100. The van der Waals surface area contributed by atoms with Crippen LogP contribution in [0.1, 0.15) is 10.5 Å². The van der Waals surface area contributed by atoms with Crippen molar-refractivity contribution in [2.24, 2.45) is 7.05 Å². The minimum atomic E-state index is -0.377. The summed E-state index contributed by atoms with van der Waals surface area (Å²) in [6, 6.07) is 1.59. The molecule has 2 heterocycles. The molecule has 0 saturated heterocycles. The van der Waals surface area contributed by atoms with Crippen LogP contribution in [0.15, 0.2) is 24.7 Å². The Bertz CT molecular complexity index is 546. The van der Waals surface area contributed by atoms with Crippen LogP contribution in [0.4, 0.5) is 11.4 Å². The van der Waals surface area contributed by atoms with Crippen molar-refractivity contribution in [3.8, 4) is 0 Å². The lowest BCUT2D eigenvalue weighted by Gasteiger charge is -2.07. The van der Waals surface area contributed by atoms with Crippen molar-refractivity contribution in [2.75, 3.05) is 11.1 Å². The van der Waals surface area contributed by atoms with E-state index < -0.39 is 0 Å². The summed E-state index contributed by atoms with van der Waals surface area (Å²) in [5.74, 6) is -0.377. The van der Waals surface area contributed by atoms with Gasteiger partial charge in [0.2, 0.25) is 0 Å². The molecule has 0 aromatic carbocycles. The van der Waals surface area contributed by atoms with Gasteiger partial charge in [-0.15, -0.1) is 0 Å². The van der Waals surface area contributed by atoms with E-state index in [1.54, 1.807) is 13.1 Å². The molecule has 6 nitrogen and oxygen atoms in total. The van der Waals surface area contributed by atoms with Gasteiger partial charge in [-0.25, -0.2) is 0 Å². The molecular formula is C10H10ClN5O. The lowest BCUT2D eigenvalue weighted by Crippen LogP contribution is -2.18. The van der Waals surface area contributed by atoms with Crippen molar-refractivity contribution in [2.45, 2.75) is 0 Å². The lowest BCUT2D eigenvalue weighted by atomic mass is 10.3. The van der Waals surface area contributed by atoms with Crippen molar-refractivity contribution in [1.82, 2.24) is 14.8 Å². The third kappa shape index (κ3) is 2.21. The number of carbonyl (C=O) groups excluding carboxylic acids is 1. The lowest BCUT2D eigenvalue weighted by molar-refractivity contribution is 0.101. The number of pyridine rings is 1. The van der Waals surface area contributed by atoms with Crippen molar-refractivity contribution >= 4 is 28.9 Å². The van der Waals surface area contributed by atoms with Gasteiger partial charge in [-0.2, -0.15) is 5.10 Å². The molecule has 17 heavy (non-hydrogen) atoms. The molecule has 0 spiro atoms. The summed E-state index contributed by atoms with van der Waals surface area (Å²) in [5.41, 5.74) is 6.66. The largest absolute Gasteiger partial charge is 0.396 e. The van der Waals surface area contributed by atoms with Crippen LogP contribution in [0, 0.1) is 0 Å². The molecule has 0 atom stereocenters. The Hall–Kier alpha value is -2.08. The summed E-state index contributed by atoms with van der Waals surface area (Å²) >= 11 is 5.90. The molecule has 2 rings (SSSR count). The molecule has 3 N–H and O–H groups in total. The molecule has 88 valence electrons. The highest BCUT2D eigenvalue weighted by molar-refractivity contribution is 6.33. The third-order valence-electron chi connectivity index (χ3n) is 2.20. The number of carbonyl (C=O) groups is 1. The number of aromatic nitrogens is 3. The molecule has 0 saturated carbocycles. The van der Waals surface area contributed by atoms with Crippen molar-refractivity contribution in [1.29, 1.82) is 0 Å². The first-order chi connectivity index (χ1) is 8.09. The van der Waals surface area contributed by atoms with E-state index in [1.807, 2.05) is 0 Å². The molecule has 0 unspecified atom stereocenters. The first kappa shape index (κ1) is 11.4. The normalized spacial score (nSPS) is 10.2. The van der Waals surface area contributed by atoms with Gasteiger partial charge in [0, 0.05) is 13.2 Å². The van der Waals surface area contributed by atoms with Crippen molar-refractivity contribution < 1.29 is 4.79 Å². The van der Waals surface area contributed by atoms with Gasteiger partial charge >= 0.3 is 0 Å². The van der Waals surface area contributed by atoms with Gasteiger partial charge in [0.15, 0.2) is 0 Å². The van der Waals surface area contributed by atoms with Gasteiger partial charge in [-0.05, 0) is 6.07 Å². The number of nitrogens with one attached hydrogen (secondary N) is 1. The minimum absolute atomic E-state index is 0.282. The molecule has 0 bridgehead atoms. The first-order valence-electron chi connectivity index (χ1n) is 4.78. The highest BCUT2D eigenvalue weighted by Gasteiger charge is 2.15. The Morgan fingerprint density at radius 3 is 2.88 bits per heavy atom. The van der Waals surface area contributed by atoms with Crippen LogP contribution in [0.3, 0.4) is 0 Å². The predicted molar refractivity (Wildman–Crippen MR) is 64.8 cm³/mol. The maximum atomic E-state index is 11.9. The van der Waals surface area contributed by atoms with E-state index in [2.05, 4.69) is 15.4 Å². The number of amides is 1. The zero-order valence-corrected chi connectivity index (χ0v) is 9.77. The topological polar surface area (TPSA) is 85.8 Å². The molecule has 2 aromatic rings. The fourth-order valence-electron chi connectivity index (χ4n) is 1.38. The summed E-state index contributed by atoms with van der Waals surface area (Å²) in [5, 5.41) is 6.91. The Balaban J connectivity index is 2.27. The van der Waals surface area contributed by atoms with E-state index in [4.69, 9.17) is 17.3 Å². The quantitative estimate of drug-likeness (QED) is 0.842. The number of hydrogen-bond donors (Lipinski definition) is 2. The number of nitrogens with zero attached hydrogens (tertiary/aromatic N) is 3. The summed E-state index contributed by atoms with van der Waals surface area (Å²) in [6.45, 7) is 0. The first-order valence-corrected chi connectivity index (χ1v) is 5.15. The van der Waals surface area contributed by atoms with E-state index in [9.17, 15) is 4.79 Å². The van der Waals surface area contributed by atoms with Crippen LogP contribution < -0.4 is 11.1 Å². The van der Waals surface area contributed by atoms with Crippen LogP contribution in [0.5, 0.6) is 0 Å². The minimum Gasteiger partial charge on any atom is -0.396 e. The van der Waals surface area contributed by atoms with Crippen LogP contribution in [-0.2, 0) is 7.05 Å². The van der Waals surface area contributed by atoms with Gasteiger partial charge in [0.25, 0.3) is 5.91 Å². The second-order valence-electron chi connectivity index (χ2n) is 3.38. The molecule has 2 aromatic heterocycles. The molecule has 0 radical (unpaired) electrons. The zero-order valence-electron chi connectivity index (χ0n) is 9.01. The molecule has 0 aliphatic carbocycles. The number of anilines is 2. The molecule has 0 fully saturated rings. The maximum Gasteiger partial charge on any atom is 0.276 e. The van der Waals surface area contributed by atoms with Crippen LogP contribution in [0.25, 0.3) is 0 Å². The molecule has 1 amide bonds. The Kier molecular flexibility index (Phi) is 2.97.